The van der Waals surface area contributed by atoms with Gasteiger partial charge in [-0.3, -0.25) is 4.90 Å². The van der Waals surface area contributed by atoms with E-state index < -0.39 is 16.1 Å². The second-order valence-corrected chi connectivity index (χ2v) is 7.36. The van der Waals surface area contributed by atoms with Gasteiger partial charge < -0.3 is 10.4 Å². The van der Waals surface area contributed by atoms with Crippen molar-refractivity contribution in [1.29, 1.82) is 0 Å². The van der Waals surface area contributed by atoms with Crippen molar-refractivity contribution in [2.45, 2.75) is 17.9 Å². The van der Waals surface area contributed by atoms with Gasteiger partial charge in [0, 0.05) is 6.54 Å². The second kappa shape index (κ2) is 6.35. The molecular formula is C12H16N6O3S2. The van der Waals surface area contributed by atoms with Crippen molar-refractivity contribution in [3.63, 3.8) is 0 Å². The Morgan fingerprint density at radius 3 is 3.00 bits per heavy atom. The summed E-state index contributed by atoms with van der Waals surface area (Å²) in [6.07, 6.45) is -0.472. The number of rotatable bonds is 4. The zero-order chi connectivity index (χ0) is 16.4. The predicted octanol–water partition coefficient (Wildman–Crippen LogP) is -0.473. The maximum atomic E-state index is 12.5. The molecule has 3 rings (SSSR count). The Hall–Kier alpha value is -1.82. The van der Waals surface area contributed by atoms with Crippen LogP contribution in [0.1, 0.15) is 6.92 Å². The smallest absolute Gasteiger partial charge is 0.266 e. The highest BCUT2D eigenvalue weighted by Crippen LogP contribution is 2.20. The first-order chi connectivity index (χ1) is 11.0. The molecule has 1 aliphatic heterocycles. The number of aliphatic hydroxyl groups is 1. The van der Waals surface area contributed by atoms with E-state index in [-0.39, 0.29) is 10.9 Å². The van der Waals surface area contributed by atoms with Gasteiger partial charge in [0.25, 0.3) is 10.0 Å². The summed E-state index contributed by atoms with van der Waals surface area (Å²) in [5, 5.41) is 12.2. The molecule has 1 unspecified atom stereocenters. The SMILES string of the molecule is CC(O)CN1CN=C(NS(=O)(=O)c2cccc3nsnc23)NC1. The van der Waals surface area contributed by atoms with Crippen LogP contribution in [-0.4, -0.2) is 59.1 Å². The lowest BCUT2D eigenvalue weighted by atomic mass is 10.3. The number of fused-ring (bicyclic) bond motifs is 1. The molecular weight excluding hydrogens is 340 g/mol. The number of aliphatic hydroxyl groups excluding tert-OH is 1. The van der Waals surface area contributed by atoms with Gasteiger partial charge in [0.2, 0.25) is 5.96 Å². The molecule has 23 heavy (non-hydrogen) atoms. The van der Waals surface area contributed by atoms with Crippen LogP contribution in [0.3, 0.4) is 0 Å². The topological polar surface area (TPSA) is 120 Å². The van der Waals surface area contributed by atoms with Crippen LogP contribution in [0.15, 0.2) is 28.1 Å². The highest BCUT2D eigenvalue weighted by molar-refractivity contribution is 7.90. The third-order valence-corrected chi connectivity index (χ3v) is 5.10. The van der Waals surface area contributed by atoms with Crippen LogP contribution < -0.4 is 10.0 Å². The van der Waals surface area contributed by atoms with Crippen molar-refractivity contribution in [2.75, 3.05) is 19.9 Å². The number of aliphatic imine (C=N–C) groups is 1. The Bertz CT molecular complexity index is 832. The molecule has 1 aromatic heterocycles. The summed E-state index contributed by atoms with van der Waals surface area (Å²) >= 11 is 0.967. The Balaban J connectivity index is 1.77. The van der Waals surface area contributed by atoms with Gasteiger partial charge in [0.1, 0.15) is 15.9 Å². The number of hydrogen-bond donors (Lipinski definition) is 3. The molecule has 0 fully saturated rings. The number of aromatic nitrogens is 2. The first-order valence-electron chi connectivity index (χ1n) is 6.88. The molecule has 0 amide bonds. The summed E-state index contributed by atoms with van der Waals surface area (Å²) in [7, 11) is -3.80. The maximum Gasteiger partial charge on any atom is 0.266 e. The molecule has 3 N–H and O–H groups in total. The average molecular weight is 356 g/mol. The zero-order valence-corrected chi connectivity index (χ0v) is 13.9. The number of nitrogens with zero attached hydrogens (tertiary/aromatic N) is 4. The van der Waals surface area contributed by atoms with Crippen LogP contribution in [-0.2, 0) is 10.0 Å². The molecule has 0 spiro atoms. The minimum Gasteiger partial charge on any atom is -0.392 e. The summed E-state index contributed by atoms with van der Waals surface area (Å²) in [6.45, 7) is 2.84. The molecule has 9 nitrogen and oxygen atoms in total. The van der Waals surface area contributed by atoms with Gasteiger partial charge in [-0.05, 0) is 19.1 Å². The van der Waals surface area contributed by atoms with Crippen LogP contribution in [0.2, 0.25) is 0 Å². The van der Waals surface area contributed by atoms with E-state index in [4.69, 9.17) is 0 Å². The fourth-order valence-electron chi connectivity index (χ4n) is 2.21. The highest BCUT2D eigenvalue weighted by atomic mass is 32.2. The monoisotopic (exact) mass is 356 g/mol. The molecule has 0 radical (unpaired) electrons. The number of benzene rings is 1. The summed E-state index contributed by atoms with van der Waals surface area (Å²) < 4.78 is 35.5. The van der Waals surface area contributed by atoms with Gasteiger partial charge >= 0.3 is 0 Å². The van der Waals surface area contributed by atoms with Crippen LogP contribution in [0.5, 0.6) is 0 Å². The van der Waals surface area contributed by atoms with E-state index in [1.165, 1.54) is 6.07 Å². The van der Waals surface area contributed by atoms with E-state index in [0.717, 1.165) is 11.7 Å². The van der Waals surface area contributed by atoms with Gasteiger partial charge in [-0.1, -0.05) is 6.07 Å². The van der Waals surface area contributed by atoms with E-state index >= 15 is 0 Å². The van der Waals surface area contributed by atoms with E-state index in [0.29, 0.717) is 30.9 Å². The van der Waals surface area contributed by atoms with Gasteiger partial charge in [0.05, 0.1) is 31.2 Å². The van der Waals surface area contributed by atoms with E-state index in [1.54, 1.807) is 19.1 Å². The van der Waals surface area contributed by atoms with E-state index in [2.05, 4.69) is 23.8 Å². The van der Waals surface area contributed by atoms with Gasteiger partial charge in [0.15, 0.2) is 0 Å². The molecule has 0 saturated carbocycles. The Labute approximate surface area is 137 Å². The van der Waals surface area contributed by atoms with Crippen molar-refractivity contribution < 1.29 is 13.5 Å². The van der Waals surface area contributed by atoms with E-state index in [1.807, 2.05) is 4.90 Å². The van der Waals surface area contributed by atoms with Crippen LogP contribution in [0.25, 0.3) is 11.0 Å². The standard InChI is InChI=1S/C12H16N6O3S2/c1-8(19)5-18-6-13-12(14-7-18)17-23(20,21)10-4-2-3-9-11(10)16-22-15-9/h2-4,8,19H,5-7H2,1H3,(H2,13,14,17). The Morgan fingerprint density at radius 1 is 1.48 bits per heavy atom. The van der Waals surface area contributed by atoms with Crippen LogP contribution in [0, 0.1) is 0 Å². The molecule has 1 aliphatic rings. The normalized spacial score (nSPS) is 17.6. The van der Waals surface area contributed by atoms with Crippen molar-refractivity contribution >= 4 is 38.7 Å². The molecule has 1 aromatic carbocycles. The summed E-state index contributed by atoms with van der Waals surface area (Å²) in [4.78, 5) is 6.06. The van der Waals surface area contributed by atoms with Gasteiger partial charge in [-0.2, -0.15) is 8.75 Å². The zero-order valence-electron chi connectivity index (χ0n) is 12.3. The summed E-state index contributed by atoms with van der Waals surface area (Å²) in [6, 6.07) is 4.82. The van der Waals surface area contributed by atoms with Gasteiger partial charge in [-0.25, -0.2) is 18.1 Å². The molecule has 2 aromatic rings. The lowest BCUT2D eigenvalue weighted by Gasteiger charge is -2.27. The molecule has 0 aliphatic carbocycles. The molecule has 2 heterocycles. The van der Waals surface area contributed by atoms with Crippen LogP contribution >= 0.6 is 11.7 Å². The Kier molecular flexibility index (Phi) is 4.43. The summed E-state index contributed by atoms with van der Waals surface area (Å²) in [5.74, 6) is 0.173. The molecule has 0 saturated heterocycles. The first-order valence-corrected chi connectivity index (χ1v) is 9.10. The lowest BCUT2D eigenvalue weighted by molar-refractivity contribution is 0.123. The highest BCUT2D eigenvalue weighted by Gasteiger charge is 2.23. The molecule has 124 valence electrons. The fourth-order valence-corrected chi connectivity index (χ4v) is 3.98. The fraction of sp³-hybridized carbons (Fsp3) is 0.417. The number of β-amino-alcohol motifs (C(OH)–C–C–N with tert-alkyl or cyclic N) is 1. The third kappa shape index (κ3) is 3.58. The maximum absolute atomic E-state index is 12.5. The van der Waals surface area contributed by atoms with Crippen molar-refractivity contribution in [3.05, 3.63) is 18.2 Å². The molecule has 0 bridgehead atoms. The minimum atomic E-state index is -3.80. The Morgan fingerprint density at radius 2 is 2.30 bits per heavy atom. The van der Waals surface area contributed by atoms with E-state index in [9.17, 15) is 13.5 Å². The average Bonchev–Trinajstić information content (AvgIpc) is 2.96. The van der Waals surface area contributed by atoms with Crippen molar-refractivity contribution in [3.8, 4) is 0 Å². The third-order valence-electron chi connectivity index (χ3n) is 3.19. The molecule has 1 atom stereocenters. The largest absolute Gasteiger partial charge is 0.392 e. The van der Waals surface area contributed by atoms with Gasteiger partial charge in [-0.15, -0.1) is 0 Å². The quantitative estimate of drug-likeness (QED) is 0.677. The number of hydrogen-bond acceptors (Lipinski definition) is 9. The number of sulfonamides is 1. The molecule has 11 heteroatoms. The number of nitrogens with one attached hydrogen (secondary N) is 2. The second-order valence-electron chi connectivity index (χ2n) is 5.18. The number of guanidine groups is 1. The predicted molar refractivity (Wildman–Crippen MR) is 86.4 cm³/mol. The minimum absolute atomic E-state index is 0.0691. The summed E-state index contributed by atoms with van der Waals surface area (Å²) in [5.41, 5.74) is 0.886. The lowest BCUT2D eigenvalue weighted by Crippen LogP contribution is -2.51. The van der Waals surface area contributed by atoms with Crippen LogP contribution in [0.4, 0.5) is 0 Å². The first kappa shape index (κ1) is 16.1. The van der Waals surface area contributed by atoms with Crippen molar-refractivity contribution in [1.82, 2.24) is 23.7 Å². The van der Waals surface area contributed by atoms with Crippen molar-refractivity contribution in [2.24, 2.45) is 4.99 Å².